The number of methoxy groups -OCH3 is 2. The number of anilines is 1. The van der Waals surface area contributed by atoms with E-state index in [1.807, 2.05) is 49.4 Å². The van der Waals surface area contributed by atoms with Gasteiger partial charge in [-0.25, -0.2) is 0 Å². The van der Waals surface area contributed by atoms with Gasteiger partial charge >= 0.3 is 0 Å². The maximum Gasteiger partial charge on any atom is 0.160 e. The zero-order valence-electron chi connectivity index (χ0n) is 16.0. The van der Waals surface area contributed by atoms with E-state index >= 15 is 0 Å². The van der Waals surface area contributed by atoms with E-state index in [2.05, 4.69) is 6.58 Å². The molecule has 2 aromatic rings. The first-order valence-corrected chi connectivity index (χ1v) is 8.58. The summed E-state index contributed by atoms with van der Waals surface area (Å²) >= 11 is 0. The summed E-state index contributed by atoms with van der Waals surface area (Å²) in [4.78, 5) is 12.2. The highest BCUT2D eigenvalue weighted by Gasteiger charge is 2.02. The number of ether oxygens (including phenoxy) is 2. The lowest BCUT2D eigenvalue weighted by Crippen LogP contribution is -1.94. The van der Waals surface area contributed by atoms with Gasteiger partial charge in [-0.15, -0.1) is 0 Å². The number of allylic oxidation sites excluding steroid dienone is 3. The molecule has 0 saturated heterocycles. The van der Waals surface area contributed by atoms with E-state index < -0.39 is 0 Å². The summed E-state index contributed by atoms with van der Waals surface area (Å²) in [5.74, 6) is 1.41. The minimum Gasteiger partial charge on any atom is -0.496 e. The molecular formula is C23H25NO3. The van der Waals surface area contributed by atoms with Crippen LogP contribution in [-0.4, -0.2) is 20.0 Å². The van der Waals surface area contributed by atoms with Gasteiger partial charge in [0.05, 0.1) is 19.9 Å². The molecule has 0 bridgehead atoms. The van der Waals surface area contributed by atoms with Crippen molar-refractivity contribution < 1.29 is 14.3 Å². The fourth-order valence-electron chi connectivity index (χ4n) is 2.52. The van der Waals surface area contributed by atoms with E-state index in [1.165, 1.54) is 0 Å². The lowest BCUT2D eigenvalue weighted by molar-refractivity contribution is -0.113. The molecule has 2 N–H and O–H groups in total. The number of hydrogen-bond acceptors (Lipinski definition) is 4. The van der Waals surface area contributed by atoms with E-state index in [9.17, 15) is 4.79 Å². The molecule has 0 spiro atoms. The van der Waals surface area contributed by atoms with Crippen LogP contribution in [0.3, 0.4) is 0 Å². The van der Waals surface area contributed by atoms with Crippen LogP contribution in [0.15, 0.2) is 60.7 Å². The summed E-state index contributed by atoms with van der Waals surface area (Å²) in [7, 11) is 3.21. The number of nitrogens with two attached hydrogens (primary N) is 1. The maximum atomic E-state index is 12.2. The van der Waals surface area contributed by atoms with Gasteiger partial charge in [0, 0.05) is 6.42 Å². The Balaban J connectivity index is 1.96. The zero-order valence-corrected chi connectivity index (χ0v) is 16.0. The molecule has 0 aliphatic heterocycles. The number of benzene rings is 2. The molecule has 0 atom stereocenters. The number of nitrogen functional groups attached to an aromatic ring is 1. The Bertz CT molecular complexity index is 821. The van der Waals surface area contributed by atoms with Crippen LogP contribution in [0, 0.1) is 6.92 Å². The molecule has 4 heteroatoms. The average Bonchev–Trinajstić information content (AvgIpc) is 2.66. The minimum atomic E-state index is -0.0147. The molecule has 0 aromatic heterocycles. The van der Waals surface area contributed by atoms with Crippen molar-refractivity contribution in [3.63, 3.8) is 0 Å². The number of ketones is 1. The second-order valence-electron chi connectivity index (χ2n) is 6.20. The molecule has 0 fully saturated rings. The van der Waals surface area contributed by atoms with Crippen LogP contribution in [-0.2, 0) is 4.79 Å². The first-order chi connectivity index (χ1) is 12.9. The van der Waals surface area contributed by atoms with Crippen LogP contribution in [0.4, 0.5) is 5.69 Å². The van der Waals surface area contributed by atoms with Crippen LogP contribution in [0.25, 0.3) is 12.2 Å². The van der Waals surface area contributed by atoms with Crippen LogP contribution >= 0.6 is 0 Å². The smallest absolute Gasteiger partial charge is 0.160 e. The molecule has 0 saturated carbocycles. The molecular weight excluding hydrogens is 338 g/mol. The Labute approximate surface area is 160 Å². The first-order valence-electron chi connectivity index (χ1n) is 8.58. The van der Waals surface area contributed by atoms with E-state index in [-0.39, 0.29) is 12.2 Å². The third kappa shape index (κ3) is 5.89. The van der Waals surface area contributed by atoms with Crippen LogP contribution in [0.1, 0.15) is 23.1 Å². The molecule has 2 rings (SSSR count). The molecule has 0 heterocycles. The van der Waals surface area contributed by atoms with E-state index in [1.54, 1.807) is 32.4 Å². The quantitative estimate of drug-likeness (QED) is 0.414. The molecule has 0 aliphatic carbocycles. The Morgan fingerprint density at radius 1 is 1.00 bits per heavy atom. The van der Waals surface area contributed by atoms with Crippen molar-refractivity contribution in [2.45, 2.75) is 13.3 Å². The SMILES string of the molecule is C=C(/C=C/c1ccc(N)c(OC)c1)CC(=O)/C=C/c1ccc(C)c(OC)c1. The predicted octanol–water partition coefficient (Wildman–Crippen LogP) is 4.84. The summed E-state index contributed by atoms with van der Waals surface area (Å²) in [6.45, 7) is 5.92. The second kappa shape index (κ2) is 9.43. The van der Waals surface area contributed by atoms with Gasteiger partial charge in [0.2, 0.25) is 0 Å². The van der Waals surface area contributed by atoms with Crippen molar-refractivity contribution in [2.75, 3.05) is 20.0 Å². The van der Waals surface area contributed by atoms with Crippen LogP contribution in [0.5, 0.6) is 11.5 Å². The first kappa shape index (κ1) is 20.0. The molecule has 0 radical (unpaired) electrons. The highest BCUT2D eigenvalue weighted by atomic mass is 16.5. The van der Waals surface area contributed by atoms with Crippen molar-refractivity contribution in [1.82, 2.24) is 0 Å². The summed E-state index contributed by atoms with van der Waals surface area (Å²) in [6, 6.07) is 11.3. The number of carbonyl (C=O) groups excluding carboxylic acids is 1. The summed E-state index contributed by atoms with van der Waals surface area (Å²) in [5, 5.41) is 0. The summed E-state index contributed by atoms with van der Waals surface area (Å²) in [5.41, 5.74) is 10.0. The lowest BCUT2D eigenvalue weighted by Gasteiger charge is -2.05. The standard InChI is InChI=1S/C23H25NO3/c1-16(5-7-18-10-12-21(24)23(15-18)27-4)13-20(25)11-9-19-8-6-17(2)22(14-19)26-3/h5-12,14-15H,1,13,24H2,2-4H3/b7-5+,11-9+. The normalized spacial score (nSPS) is 11.1. The van der Waals surface area contributed by atoms with Gasteiger partial charge in [-0.3, -0.25) is 4.79 Å². The van der Waals surface area contributed by atoms with E-state index in [0.29, 0.717) is 11.4 Å². The Hall–Kier alpha value is -3.27. The number of carbonyl (C=O) groups is 1. The molecule has 2 aromatic carbocycles. The number of hydrogen-bond donors (Lipinski definition) is 1. The molecule has 0 amide bonds. The van der Waals surface area contributed by atoms with Crippen molar-refractivity contribution in [2.24, 2.45) is 0 Å². The van der Waals surface area contributed by atoms with Crippen molar-refractivity contribution in [3.05, 3.63) is 77.4 Å². The number of rotatable bonds is 8. The van der Waals surface area contributed by atoms with Crippen molar-refractivity contribution >= 4 is 23.6 Å². The average molecular weight is 363 g/mol. The highest BCUT2D eigenvalue weighted by Crippen LogP contribution is 2.23. The van der Waals surface area contributed by atoms with Gasteiger partial charge in [0.1, 0.15) is 11.5 Å². The molecule has 27 heavy (non-hydrogen) atoms. The van der Waals surface area contributed by atoms with E-state index in [0.717, 1.165) is 28.0 Å². The largest absolute Gasteiger partial charge is 0.496 e. The molecule has 0 unspecified atom stereocenters. The van der Waals surface area contributed by atoms with Crippen LogP contribution in [0.2, 0.25) is 0 Å². The van der Waals surface area contributed by atoms with Gasteiger partial charge in [-0.2, -0.15) is 0 Å². The van der Waals surface area contributed by atoms with Crippen LogP contribution < -0.4 is 15.2 Å². The fraction of sp³-hybridized carbons (Fsp3) is 0.174. The Morgan fingerprint density at radius 2 is 1.59 bits per heavy atom. The monoisotopic (exact) mass is 363 g/mol. The lowest BCUT2D eigenvalue weighted by atomic mass is 10.1. The number of aryl methyl sites for hydroxylation is 1. The van der Waals surface area contributed by atoms with Gasteiger partial charge in [-0.1, -0.05) is 43.0 Å². The third-order valence-corrected chi connectivity index (χ3v) is 4.06. The van der Waals surface area contributed by atoms with Gasteiger partial charge in [0.25, 0.3) is 0 Å². The second-order valence-corrected chi connectivity index (χ2v) is 6.20. The maximum absolute atomic E-state index is 12.2. The topological polar surface area (TPSA) is 61.5 Å². The zero-order chi connectivity index (χ0) is 19.8. The predicted molar refractivity (Wildman–Crippen MR) is 112 cm³/mol. The van der Waals surface area contributed by atoms with Gasteiger partial charge < -0.3 is 15.2 Å². The third-order valence-electron chi connectivity index (χ3n) is 4.06. The molecule has 0 aliphatic rings. The highest BCUT2D eigenvalue weighted by molar-refractivity contribution is 5.95. The van der Waals surface area contributed by atoms with Crippen molar-refractivity contribution in [3.8, 4) is 11.5 Å². The molecule has 4 nitrogen and oxygen atoms in total. The molecule has 140 valence electrons. The fourth-order valence-corrected chi connectivity index (χ4v) is 2.52. The summed E-state index contributed by atoms with van der Waals surface area (Å²) < 4.78 is 10.5. The van der Waals surface area contributed by atoms with Gasteiger partial charge in [0.15, 0.2) is 5.78 Å². The van der Waals surface area contributed by atoms with Crippen molar-refractivity contribution in [1.29, 1.82) is 0 Å². The van der Waals surface area contributed by atoms with E-state index in [4.69, 9.17) is 15.2 Å². The Kier molecular flexibility index (Phi) is 7.00. The minimum absolute atomic E-state index is 0.0147. The Morgan fingerprint density at radius 3 is 2.26 bits per heavy atom. The van der Waals surface area contributed by atoms with Gasteiger partial charge in [-0.05, 0) is 53.5 Å². The summed E-state index contributed by atoms with van der Waals surface area (Å²) in [6.07, 6.45) is 7.31.